The minimum Gasteiger partial charge on any atom is -0.458 e. The molecule has 0 amide bonds. The van der Waals surface area contributed by atoms with E-state index in [1.165, 1.54) is 11.1 Å². The van der Waals surface area contributed by atoms with E-state index < -0.39 is 0 Å². The molecule has 108 valence electrons. The Balaban J connectivity index is 2.42. The SMILES string of the molecule is CC(C)=CCCC(C)=CCOC(=O)c1ccccc1Cl. The molecule has 0 unspecified atom stereocenters. The second kappa shape index (κ2) is 8.60. The molecule has 0 aliphatic carbocycles. The second-order valence-corrected chi connectivity index (χ2v) is 5.36. The first-order valence-electron chi connectivity index (χ1n) is 6.71. The largest absolute Gasteiger partial charge is 0.458 e. The molecule has 0 bridgehead atoms. The van der Waals surface area contributed by atoms with Gasteiger partial charge in [0.25, 0.3) is 0 Å². The van der Waals surface area contributed by atoms with E-state index >= 15 is 0 Å². The molecule has 0 saturated carbocycles. The molecule has 0 aliphatic rings. The van der Waals surface area contributed by atoms with Crippen LogP contribution in [0.3, 0.4) is 0 Å². The Kier molecular flexibility index (Phi) is 7.10. The summed E-state index contributed by atoms with van der Waals surface area (Å²) in [4.78, 5) is 11.8. The number of allylic oxidation sites excluding steroid dienone is 3. The summed E-state index contributed by atoms with van der Waals surface area (Å²) in [6, 6.07) is 6.89. The highest BCUT2D eigenvalue weighted by atomic mass is 35.5. The van der Waals surface area contributed by atoms with Crippen LogP contribution in [0.25, 0.3) is 0 Å². The first-order valence-corrected chi connectivity index (χ1v) is 7.09. The van der Waals surface area contributed by atoms with Gasteiger partial charge < -0.3 is 4.74 Å². The van der Waals surface area contributed by atoms with Crippen LogP contribution in [0, 0.1) is 0 Å². The van der Waals surface area contributed by atoms with Crippen LogP contribution in [-0.4, -0.2) is 12.6 Å². The number of rotatable bonds is 6. The monoisotopic (exact) mass is 292 g/mol. The molecule has 0 aromatic heterocycles. The van der Waals surface area contributed by atoms with Gasteiger partial charge in [-0.25, -0.2) is 4.79 Å². The lowest BCUT2D eigenvalue weighted by atomic mass is 10.1. The van der Waals surface area contributed by atoms with E-state index in [1.54, 1.807) is 24.3 Å². The second-order valence-electron chi connectivity index (χ2n) is 4.95. The Morgan fingerprint density at radius 2 is 1.90 bits per heavy atom. The van der Waals surface area contributed by atoms with Gasteiger partial charge in [0.05, 0.1) is 10.6 Å². The Morgan fingerprint density at radius 1 is 1.20 bits per heavy atom. The van der Waals surface area contributed by atoms with Crippen LogP contribution in [0.4, 0.5) is 0 Å². The van der Waals surface area contributed by atoms with Crippen LogP contribution >= 0.6 is 11.6 Å². The first-order chi connectivity index (χ1) is 9.50. The summed E-state index contributed by atoms with van der Waals surface area (Å²) in [6.45, 7) is 6.50. The van der Waals surface area contributed by atoms with E-state index in [-0.39, 0.29) is 12.6 Å². The maximum atomic E-state index is 11.8. The number of hydrogen-bond acceptors (Lipinski definition) is 2. The maximum Gasteiger partial charge on any atom is 0.339 e. The van der Waals surface area contributed by atoms with Gasteiger partial charge in [-0.1, -0.05) is 41.0 Å². The summed E-state index contributed by atoms with van der Waals surface area (Å²) < 4.78 is 5.19. The smallest absolute Gasteiger partial charge is 0.339 e. The van der Waals surface area contributed by atoms with Crippen LogP contribution in [0.1, 0.15) is 44.0 Å². The molecule has 3 heteroatoms. The molecule has 1 rings (SSSR count). The summed E-state index contributed by atoms with van der Waals surface area (Å²) >= 11 is 5.94. The first kappa shape index (κ1) is 16.5. The zero-order valence-corrected chi connectivity index (χ0v) is 13.0. The van der Waals surface area contributed by atoms with Crippen LogP contribution < -0.4 is 0 Å². The number of benzene rings is 1. The molecular weight excluding hydrogens is 272 g/mol. The fourth-order valence-corrected chi connectivity index (χ4v) is 1.87. The Hall–Kier alpha value is -1.54. The minimum absolute atomic E-state index is 0.282. The summed E-state index contributed by atoms with van der Waals surface area (Å²) in [6.07, 6.45) is 6.14. The summed E-state index contributed by atoms with van der Waals surface area (Å²) in [7, 11) is 0. The number of carbonyl (C=O) groups is 1. The molecule has 0 atom stereocenters. The Bertz CT molecular complexity index is 511. The van der Waals surface area contributed by atoms with Crippen molar-refractivity contribution < 1.29 is 9.53 Å². The maximum absolute atomic E-state index is 11.8. The predicted molar refractivity (Wildman–Crippen MR) is 84.2 cm³/mol. The fraction of sp³-hybridized carbons (Fsp3) is 0.353. The van der Waals surface area contributed by atoms with Crippen molar-refractivity contribution in [2.75, 3.05) is 6.61 Å². The molecular formula is C17H21ClO2. The third-order valence-corrected chi connectivity index (χ3v) is 3.16. The van der Waals surface area contributed by atoms with Crippen molar-refractivity contribution in [2.24, 2.45) is 0 Å². The Morgan fingerprint density at radius 3 is 2.55 bits per heavy atom. The number of esters is 1. The fourth-order valence-electron chi connectivity index (χ4n) is 1.65. The minimum atomic E-state index is -0.385. The number of halogens is 1. The van der Waals surface area contributed by atoms with E-state index in [2.05, 4.69) is 19.9 Å². The zero-order chi connectivity index (χ0) is 15.0. The molecule has 0 aliphatic heterocycles. The summed E-state index contributed by atoms with van der Waals surface area (Å²) in [5, 5.41) is 0.418. The van der Waals surface area contributed by atoms with E-state index in [4.69, 9.17) is 16.3 Å². The van der Waals surface area contributed by atoms with Crippen LogP contribution in [-0.2, 0) is 4.74 Å². The van der Waals surface area contributed by atoms with Crippen molar-refractivity contribution in [1.29, 1.82) is 0 Å². The van der Waals surface area contributed by atoms with E-state index in [0.717, 1.165) is 12.8 Å². The normalized spacial score (nSPS) is 11.1. The summed E-state index contributed by atoms with van der Waals surface area (Å²) in [5.41, 5.74) is 2.95. The lowest BCUT2D eigenvalue weighted by Crippen LogP contribution is -2.06. The third kappa shape index (κ3) is 6.07. The standard InChI is InChI=1S/C17H21ClO2/c1-13(2)7-6-8-14(3)11-12-20-17(19)15-9-4-5-10-16(15)18/h4-5,7,9-11H,6,8,12H2,1-3H3. The highest BCUT2D eigenvalue weighted by molar-refractivity contribution is 6.33. The van der Waals surface area contributed by atoms with Gasteiger partial charge in [0, 0.05) is 0 Å². The molecule has 0 spiro atoms. The highest BCUT2D eigenvalue weighted by Crippen LogP contribution is 2.16. The van der Waals surface area contributed by atoms with Gasteiger partial charge in [-0.05, 0) is 51.8 Å². The van der Waals surface area contributed by atoms with Gasteiger partial charge in [0.2, 0.25) is 0 Å². The van der Waals surface area contributed by atoms with Gasteiger partial charge >= 0.3 is 5.97 Å². The molecule has 0 N–H and O–H groups in total. The number of ether oxygens (including phenoxy) is 1. The van der Waals surface area contributed by atoms with Crippen molar-refractivity contribution in [3.8, 4) is 0 Å². The molecule has 2 nitrogen and oxygen atoms in total. The Labute approximate surface area is 126 Å². The van der Waals surface area contributed by atoms with Crippen LogP contribution in [0.15, 0.2) is 47.6 Å². The van der Waals surface area contributed by atoms with Crippen LogP contribution in [0.5, 0.6) is 0 Å². The highest BCUT2D eigenvalue weighted by Gasteiger charge is 2.09. The van der Waals surface area contributed by atoms with Gasteiger partial charge in [0.1, 0.15) is 6.61 Å². The molecule has 0 radical (unpaired) electrons. The third-order valence-electron chi connectivity index (χ3n) is 2.83. The van der Waals surface area contributed by atoms with Crippen molar-refractivity contribution in [2.45, 2.75) is 33.6 Å². The lowest BCUT2D eigenvalue weighted by Gasteiger charge is -2.04. The lowest BCUT2D eigenvalue weighted by molar-refractivity contribution is 0.0549. The number of hydrogen-bond donors (Lipinski definition) is 0. The van der Waals surface area contributed by atoms with E-state index in [1.807, 2.05) is 13.0 Å². The molecule has 0 saturated heterocycles. The van der Waals surface area contributed by atoms with Crippen molar-refractivity contribution in [1.82, 2.24) is 0 Å². The van der Waals surface area contributed by atoms with Crippen molar-refractivity contribution in [3.05, 3.63) is 58.1 Å². The van der Waals surface area contributed by atoms with Gasteiger partial charge in [-0.3, -0.25) is 0 Å². The van der Waals surface area contributed by atoms with Gasteiger partial charge in [0.15, 0.2) is 0 Å². The topological polar surface area (TPSA) is 26.3 Å². The molecule has 1 aromatic carbocycles. The molecule has 0 heterocycles. The number of carbonyl (C=O) groups excluding carboxylic acids is 1. The van der Waals surface area contributed by atoms with Crippen molar-refractivity contribution >= 4 is 17.6 Å². The van der Waals surface area contributed by atoms with Crippen molar-refractivity contribution in [3.63, 3.8) is 0 Å². The quantitative estimate of drug-likeness (QED) is 0.533. The van der Waals surface area contributed by atoms with Gasteiger partial charge in [-0.15, -0.1) is 0 Å². The van der Waals surface area contributed by atoms with Gasteiger partial charge in [-0.2, -0.15) is 0 Å². The average Bonchev–Trinajstić information content (AvgIpc) is 2.38. The zero-order valence-electron chi connectivity index (χ0n) is 12.3. The summed E-state index contributed by atoms with van der Waals surface area (Å²) in [5.74, 6) is -0.385. The van der Waals surface area contributed by atoms with E-state index in [0.29, 0.717) is 10.6 Å². The average molecular weight is 293 g/mol. The van der Waals surface area contributed by atoms with E-state index in [9.17, 15) is 4.79 Å². The molecule has 1 aromatic rings. The predicted octanol–water partition coefficient (Wildman–Crippen LogP) is 5.19. The molecule has 0 fully saturated rings. The van der Waals surface area contributed by atoms with Crippen LogP contribution in [0.2, 0.25) is 5.02 Å². The molecule has 20 heavy (non-hydrogen) atoms.